The Labute approximate surface area is 156 Å². The third-order valence-corrected chi connectivity index (χ3v) is 3.83. The topological polar surface area (TPSA) is 116 Å². The Morgan fingerprint density at radius 2 is 1.89 bits per heavy atom. The van der Waals surface area contributed by atoms with Gasteiger partial charge in [0.1, 0.15) is 0 Å². The van der Waals surface area contributed by atoms with Gasteiger partial charge in [-0.3, -0.25) is 19.7 Å². The van der Waals surface area contributed by atoms with Crippen molar-refractivity contribution in [3.05, 3.63) is 69.8 Å². The third kappa shape index (κ3) is 5.53. The molecule has 2 N–H and O–H groups in total. The molecule has 0 unspecified atom stereocenters. The number of benzene rings is 2. The van der Waals surface area contributed by atoms with E-state index in [1.807, 2.05) is 30.3 Å². The lowest BCUT2D eigenvalue weighted by molar-refractivity contribution is -0.385. The highest BCUT2D eigenvalue weighted by Gasteiger charge is 2.22. The molecule has 0 aliphatic carbocycles. The van der Waals surface area contributed by atoms with Crippen molar-refractivity contribution in [1.82, 2.24) is 4.90 Å². The lowest BCUT2D eigenvalue weighted by Crippen LogP contribution is -2.33. The van der Waals surface area contributed by atoms with Crippen LogP contribution in [0.3, 0.4) is 0 Å². The van der Waals surface area contributed by atoms with Crippen molar-refractivity contribution >= 4 is 17.5 Å². The number of carbonyl (C=O) groups is 2. The van der Waals surface area contributed by atoms with Crippen molar-refractivity contribution in [3.8, 4) is 5.75 Å². The lowest BCUT2D eigenvalue weighted by atomic mass is 10.1. The second kappa shape index (κ2) is 9.33. The molecule has 0 saturated carbocycles. The monoisotopic (exact) mass is 371 g/mol. The standard InChI is InChI=1S/C19H21N3O5/c1-2-27-17-9-8-15(12-16(17)22(25)26)19(24)21(11-10-18(20)23)13-14-6-4-3-5-7-14/h3-9,12H,2,10-11,13H2,1H3,(H2,20,23). The van der Waals surface area contributed by atoms with Gasteiger partial charge in [-0.2, -0.15) is 0 Å². The van der Waals surface area contributed by atoms with E-state index < -0.39 is 16.7 Å². The Balaban J connectivity index is 2.31. The largest absolute Gasteiger partial charge is 0.487 e. The first-order valence-corrected chi connectivity index (χ1v) is 8.45. The normalized spacial score (nSPS) is 10.3. The van der Waals surface area contributed by atoms with Crippen molar-refractivity contribution in [2.24, 2.45) is 5.73 Å². The maximum Gasteiger partial charge on any atom is 0.311 e. The van der Waals surface area contributed by atoms with E-state index >= 15 is 0 Å². The highest BCUT2D eigenvalue weighted by atomic mass is 16.6. The number of primary amides is 1. The molecule has 0 bridgehead atoms. The van der Waals surface area contributed by atoms with Crippen LogP contribution in [0.1, 0.15) is 29.3 Å². The van der Waals surface area contributed by atoms with E-state index in [0.717, 1.165) is 5.56 Å². The van der Waals surface area contributed by atoms with Crippen LogP contribution < -0.4 is 10.5 Å². The van der Waals surface area contributed by atoms with E-state index in [2.05, 4.69) is 0 Å². The molecule has 0 spiro atoms. The highest BCUT2D eigenvalue weighted by Crippen LogP contribution is 2.28. The number of carbonyl (C=O) groups excluding carboxylic acids is 2. The Kier molecular flexibility index (Phi) is 6.87. The summed E-state index contributed by atoms with van der Waals surface area (Å²) in [5.74, 6) is -0.851. The fourth-order valence-corrected chi connectivity index (χ4v) is 2.55. The number of nitro groups is 1. The van der Waals surface area contributed by atoms with Crippen molar-refractivity contribution in [2.45, 2.75) is 19.9 Å². The minimum absolute atomic E-state index is 0.00229. The zero-order chi connectivity index (χ0) is 19.8. The third-order valence-electron chi connectivity index (χ3n) is 3.83. The lowest BCUT2D eigenvalue weighted by Gasteiger charge is -2.22. The second-order valence-electron chi connectivity index (χ2n) is 5.80. The second-order valence-corrected chi connectivity index (χ2v) is 5.80. The molecule has 2 rings (SSSR count). The number of rotatable bonds is 9. The molecule has 0 atom stereocenters. The first kappa shape index (κ1) is 19.9. The molecular formula is C19H21N3O5. The number of ether oxygens (including phenoxy) is 1. The van der Waals surface area contributed by atoms with Gasteiger partial charge in [0.25, 0.3) is 5.91 Å². The number of nitro benzene ring substituents is 1. The predicted octanol–water partition coefficient (Wildman–Crippen LogP) is 2.51. The van der Waals surface area contributed by atoms with Gasteiger partial charge in [-0.25, -0.2) is 0 Å². The van der Waals surface area contributed by atoms with Crippen LogP contribution in [0, 0.1) is 10.1 Å². The predicted molar refractivity (Wildman–Crippen MR) is 99.3 cm³/mol. The quantitative estimate of drug-likeness (QED) is 0.537. The van der Waals surface area contributed by atoms with Gasteiger partial charge in [0.05, 0.1) is 11.5 Å². The van der Waals surface area contributed by atoms with Crippen LogP contribution in [-0.4, -0.2) is 34.8 Å². The van der Waals surface area contributed by atoms with Gasteiger partial charge in [-0.1, -0.05) is 30.3 Å². The van der Waals surface area contributed by atoms with Crippen LogP contribution in [0.2, 0.25) is 0 Å². The molecule has 0 fully saturated rings. The average molecular weight is 371 g/mol. The Bertz CT molecular complexity index is 823. The fourth-order valence-electron chi connectivity index (χ4n) is 2.55. The summed E-state index contributed by atoms with van der Waals surface area (Å²) in [7, 11) is 0. The molecule has 142 valence electrons. The van der Waals surface area contributed by atoms with Crippen LogP contribution in [0.5, 0.6) is 5.75 Å². The fraction of sp³-hybridized carbons (Fsp3) is 0.263. The van der Waals surface area contributed by atoms with Crippen molar-refractivity contribution < 1.29 is 19.2 Å². The summed E-state index contributed by atoms with van der Waals surface area (Å²) in [6, 6.07) is 13.3. The number of hydrogen-bond acceptors (Lipinski definition) is 5. The molecule has 0 heterocycles. The minimum atomic E-state index is -0.591. The molecule has 8 nitrogen and oxygen atoms in total. The van der Waals surface area contributed by atoms with Crippen LogP contribution in [-0.2, 0) is 11.3 Å². The average Bonchev–Trinajstić information content (AvgIpc) is 2.65. The number of nitrogens with two attached hydrogens (primary N) is 1. The molecular weight excluding hydrogens is 350 g/mol. The van der Waals surface area contributed by atoms with Gasteiger partial charge in [-0.05, 0) is 24.6 Å². The number of amides is 2. The number of nitrogens with zero attached hydrogens (tertiary/aromatic N) is 2. The summed E-state index contributed by atoms with van der Waals surface area (Å²) in [4.78, 5) is 36.2. The van der Waals surface area contributed by atoms with Crippen LogP contribution in [0.4, 0.5) is 5.69 Å². The first-order chi connectivity index (χ1) is 12.9. The summed E-state index contributed by atoms with van der Waals surface area (Å²) in [6.45, 7) is 2.36. The van der Waals surface area contributed by atoms with E-state index in [-0.39, 0.29) is 43.1 Å². The van der Waals surface area contributed by atoms with Crippen molar-refractivity contribution in [1.29, 1.82) is 0 Å². The van der Waals surface area contributed by atoms with Gasteiger partial charge in [0.15, 0.2) is 5.75 Å². The molecule has 0 saturated heterocycles. The smallest absolute Gasteiger partial charge is 0.311 e. The Hall–Kier alpha value is -3.42. The minimum Gasteiger partial charge on any atom is -0.487 e. The van der Waals surface area contributed by atoms with Crippen molar-refractivity contribution in [3.63, 3.8) is 0 Å². The molecule has 8 heteroatoms. The Morgan fingerprint density at radius 1 is 1.19 bits per heavy atom. The Morgan fingerprint density at radius 3 is 2.48 bits per heavy atom. The SMILES string of the molecule is CCOc1ccc(C(=O)N(CCC(N)=O)Cc2ccccc2)cc1[N+](=O)[O-]. The van der Waals surface area contributed by atoms with E-state index in [1.54, 1.807) is 6.92 Å². The molecule has 27 heavy (non-hydrogen) atoms. The van der Waals surface area contributed by atoms with E-state index in [4.69, 9.17) is 10.5 Å². The summed E-state index contributed by atoms with van der Waals surface area (Å²) >= 11 is 0. The van der Waals surface area contributed by atoms with Gasteiger partial charge in [0.2, 0.25) is 5.91 Å². The molecule has 2 amide bonds. The van der Waals surface area contributed by atoms with Crippen LogP contribution >= 0.6 is 0 Å². The summed E-state index contributed by atoms with van der Waals surface area (Å²) in [5, 5.41) is 11.3. The molecule has 0 aliphatic heterocycles. The molecule has 0 aliphatic rings. The molecule has 2 aromatic carbocycles. The summed E-state index contributed by atoms with van der Waals surface area (Å²) in [6.07, 6.45) is -0.00229. The summed E-state index contributed by atoms with van der Waals surface area (Å²) < 4.78 is 5.24. The highest BCUT2D eigenvalue weighted by molar-refractivity contribution is 5.95. The van der Waals surface area contributed by atoms with Gasteiger partial charge < -0.3 is 15.4 Å². The zero-order valence-electron chi connectivity index (χ0n) is 15.0. The van der Waals surface area contributed by atoms with Gasteiger partial charge >= 0.3 is 5.69 Å². The van der Waals surface area contributed by atoms with Crippen LogP contribution in [0.15, 0.2) is 48.5 Å². The molecule has 2 aromatic rings. The zero-order valence-corrected chi connectivity index (χ0v) is 15.0. The van der Waals surface area contributed by atoms with E-state index in [1.165, 1.54) is 23.1 Å². The summed E-state index contributed by atoms with van der Waals surface area (Å²) in [5.41, 5.74) is 5.94. The van der Waals surface area contributed by atoms with E-state index in [0.29, 0.717) is 0 Å². The van der Waals surface area contributed by atoms with Crippen LogP contribution in [0.25, 0.3) is 0 Å². The van der Waals surface area contributed by atoms with Gasteiger partial charge in [-0.15, -0.1) is 0 Å². The number of hydrogen-bond donors (Lipinski definition) is 1. The molecule has 0 radical (unpaired) electrons. The van der Waals surface area contributed by atoms with E-state index in [9.17, 15) is 19.7 Å². The maximum atomic E-state index is 12.9. The molecule has 0 aromatic heterocycles. The first-order valence-electron chi connectivity index (χ1n) is 8.45. The van der Waals surface area contributed by atoms with Gasteiger partial charge in [0, 0.05) is 31.1 Å². The van der Waals surface area contributed by atoms with Crippen molar-refractivity contribution in [2.75, 3.05) is 13.2 Å². The maximum absolute atomic E-state index is 12.9.